The molecule has 2 rings (SSSR count). The van der Waals surface area contributed by atoms with Crippen molar-refractivity contribution in [2.75, 3.05) is 11.9 Å². The molecule has 0 aliphatic rings. The number of hydrogen-bond acceptors (Lipinski definition) is 5. The first-order valence-electron chi connectivity index (χ1n) is 6.98. The molecule has 0 radical (unpaired) electrons. The van der Waals surface area contributed by atoms with Crippen molar-refractivity contribution in [1.82, 2.24) is 10.5 Å². The van der Waals surface area contributed by atoms with Gasteiger partial charge in [-0.05, 0) is 40.7 Å². The van der Waals surface area contributed by atoms with Crippen LogP contribution in [-0.4, -0.2) is 22.8 Å². The van der Waals surface area contributed by atoms with Gasteiger partial charge in [0.15, 0.2) is 5.76 Å². The Morgan fingerprint density at radius 2 is 2.00 bits per heavy atom. The SMILES string of the molecule is Cc1cc([C@](C)(O)CNC(=O)Nc2c(C)noc2C)c(C)o1. The predicted molar refractivity (Wildman–Crippen MR) is 80.8 cm³/mol. The molecule has 0 saturated carbocycles. The topological polar surface area (TPSA) is 101 Å². The zero-order chi connectivity index (χ0) is 16.5. The zero-order valence-electron chi connectivity index (χ0n) is 13.4. The average molecular weight is 307 g/mol. The summed E-state index contributed by atoms with van der Waals surface area (Å²) in [5.74, 6) is 1.88. The Hall–Kier alpha value is -2.28. The Bertz CT molecular complexity index is 666. The van der Waals surface area contributed by atoms with E-state index in [0.29, 0.717) is 34.2 Å². The second-order valence-corrected chi connectivity index (χ2v) is 5.61. The normalized spacial score (nSPS) is 13.7. The van der Waals surface area contributed by atoms with Gasteiger partial charge in [0.05, 0.1) is 6.54 Å². The van der Waals surface area contributed by atoms with Crippen molar-refractivity contribution in [2.24, 2.45) is 0 Å². The van der Waals surface area contributed by atoms with Crippen LogP contribution in [0.15, 0.2) is 15.0 Å². The molecule has 0 aromatic carbocycles. The molecule has 0 unspecified atom stereocenters. The summed E-state index contributed by atoms with van der Waals surface area (Å²) in [6.07, 6.45) is 0. The molecule has 3 N–H and O–H groups in total. The molecule has 1 atom stereocenters. The van der Waals surface area contributed by atoms with E-state index >= 15 is 0 Å². The van der Waals surface area contributed by atoms with Crippen LogP contribution in [0, 0.1) is 27.7 Å². The van der Waals surface area contributed by atoms with Gasteiger partial charge < -0.3 is 24.7 Å². The third-order valence-corrected chi connectivity index (χ3v) is 3.49. The van der Waals surface area contributed by atoms with Gasteiger partial charge in [0.2, 0.25) is 0 Å². The number of hydrogen-bond donors (Lipinski definition) is 3. The smallest absolute Gasteiger partial charge is 0.319 e. The van der Waals surface area contributed by atoms with Gasteiger partial charge in [0, 0.05) is 5.56 Å². The number of aryl methyl sites for hydroxylation is 4. The third kappa shape index (κ3) is 3.30. The zero-order valence-corrected chi connectivity index (χ0v) is 13.4. The number of carbonyl (C=O) groups is 1. The molecule has 2 amide bonds. The summed E-state index contributed by atoms with van der Waals surface area (Å²) in [4.78, 5) is 12.0. The number of urea groups is 1. The molecule has 120 valence electrons. The van der Waals surface area contributed by atoms with Gasteiger partial charge in [0.25, 0.3) is 0 Å². The summed E-state index contributed by atoms with van der Waals surface area (Å²) in [6.45, 7) is 8.71. The monoisotopic (exact) mass is 307 g/mol. The summed E-state index contributed by atoms with van der Waals surface area (Å²) in [7, 11) is 0. The number of carbonyl (C=O) groups excluding carboxylic acids is 1. The van der Waals surface area contributed by atoms with Crippen LogP contribution < -0.4 is 10.6 Å². The highest BCUT2D eigenvalue weighted by atomic mass is 16.5. The van der Waals surface area contributed by atoms with Crippen molar-refractivity contribution in [1.29, 1.82) is 0 Å². The minimum Gasteiger partial charge on any atom is -0.466 e. The van der Waals surface area contributed by atoms with E-state index in [0.717, 1.165) is 0 Å². The number of amides is 2. The Morgan fingerprint density at radius 3 is 2.50 bits per heavy atom. The lowest BCUT2D eigenvalue weighted by Gasteiger charge is -2.23. The number of nitrogens with one attached hydrogen (secondary N) is 2. The van der Waals surface area contributed by atoms with Crippen molar-refractivity contribution >= 4 is 11.7 Å². The van der Waals surface area contributed by atoms with Gasteiger partial charge in [-0.25, -0.2) is 4.79 Å². The fraction of sp³-hybridized carbons (Fsp3) is 0.467. The Labute approximate surface area is 128 Å². The summed E-state index contributed by atoms with van der Waals surface area (Å²) >= 11 is 0. The van der Waals surface area contributed by atoms with Crippen LogP contribution in [0.2, 0.25) is 0 Å². The largest absolute Gasteiger partial charge is 0.466 e. The number of rotatable bonds is 4. The van der Waals surface area contributed by atoms with E-state index in [9.17, 15) is 9.90 Å². The molecule has 0 bridgehead atoms. The van der Waals surface area contributed by atoms with Crippen LogP contribution >= 0.6 is 0 Å². The highest BCUT2D eigenvalue weighted by molar-refractivity contribution is 5.90. The summed E-state index contributed by atoms with van der Waals surface area (Å²) in [6, 6.07) is 1.33. The molecule has 2 aromatic rings. The third-order valence-electron chi connectivity index (χ3n) is 3.49. The number of anilines is 1. The molecule has 2 heterocycles. The number of aliphatic hydroxyl groups is 1. The van der Waals surface area contributed by atoms with E-state index in [-0.39, 0.29) is 6.54 Å². The maximum absolute atomic E-state index is 12.0. The lowest BCUT2D eigenvalue weighted by molar-refractivity contribution is 0.0584. The quantitative estimate of drug-likeness (QED) is 0.806. The van der Waals surface area contributed by atoms with Crippen LogP contribution in [0.3, 0.4) is 0 Å². The van der Waals surface area contributed by atoms with Gasteiger partial charge in [-0.2, -0.15) is 0 Å². The van der Waals surface area contributed by atoms with E-state index in [1.165, 1.54) is 0 Å². The second-order valence-electron chi connectivity index (χ2n) is 5.61. The Kier molecular flexibility index (Phi) is 4.27. The van der Waals surface area contributed by atoms with Gasteiger partial charge in [-0.3, -0.25) is 0 Å². The minimum absolute atomic E-state index is 0.0437. The van der Waals surface area contributed by atoms with Crippen LogP contribution in [0.1, 0.15) is 35.5 Å². The lowest BCUT2D eigenvalue weighted by Crippen LogP contribution is -2.40. The molecule has 7 nitrogen and oxygen atoms in total. The van der Waals surface area contributed by atoms with Crippen LogP contribution in [0.5, 0.6) is 0 Å². The fourth-order valence-corrected chi connectivity index (χ4v) is 2.33. The van der Waals surface area contributed by atoms with Crippen molar-refractivity contribution in [3.63, 3.8) is 0 Å². The molecule has 0 fully saturated rings. The Morgan fingerprint density at radius 1 is 1.32 bits per heavy atom. The molecule has 7 heteroatoms. The molecule has 22 heavy (non-hydrogen) atoms. The van der Waals surface area contributed by atoms with Crippen LogP contribution in [-0.2, 0) is 5.60 Å². The van der Waals surface area contributed by atoms with E-state index in [1.54, 1.807) is 33.8 Å². The predicted octanol–water partition coefficient (Wildman–Crippen LogP) is 2.53. The molecule has 0 spiro atoms. The fourth-order valence-electron chi connectivity index (χ4n) is 2.33. The first kappa shape index (κ1) is 16.1. The van der Waals surface area contributed by atoms with Crippen molar-refractivity contribution in [3.8, 4) is 0 Å². The van der Waals surface area contributed by atoms with Gasteiger partial charge in [0.1, 0.15) is 28.5 Å². The average Bonchev–Trinajstić information content (AvgIpc) is 2.93. The Balaban J connectivity index is 2.00. The highest BCUT2D eigenvalue weighted by Crippen LogP contribution is 2.26. The molecule has 0 aliphatic carbocycles. The molecular formula is C15H21N3O4. The molecule has 0 saturated heterocycles. The van der Waals surface area contributed by atoms with E-state index < -0.39 is 11.6 Å². The van der Waals surface area contributed by atoms with Crippen molar-refractivity contribution in [2.45, 2.75) is 40.2 Å². The molecule has 0 aliphatic heterocycles. The standard InChI is InChI=1S/C15H21N3O4/c1-8-6-12(10(3)21-8)15(5,20)7-16-14(19)17-13-9(2)18-22-11(13)4/h6,20H,7H2,1-5H3,(H2,16,17,19)/t15-/m1/s1. The van der Waals surface area contributed by atoms with Gasteiger partial charge in [-0.1, -0.05) is 5.16 Å². The highest BCUT2D eigenvalue weighted by Gasteiger charge is 2.28. The minimum atomic E-state index is -1.22. The second kappa shape index (κ2) is 5.84. The number of nitrogens with zero attached hydrogens (tertiary/aromatic N) is 1. The van der Waals surface area contributed by atoms with E-state index in [4.69, 9.17) is 8.94 Å². The van der Waals surface area contributed by atoms with E-state index in [1.807, 2.05) is 6.92 Å². The maximum atomic E-state index is 12.0. The number of aromatic nitrogens is 1. The molecule has 2 aromatic heterocycles. The van der Waals surface area contributed by atoms with E-state index in [2.05, 4.69) is 15.8 Å². The number of furan rings is 1. The van der Waals surface area contributed by atoms with Crippen LogP contribution in [0.25, 0.3) is 0 Å². The van der Waals surface area contributed by atoms with Crippen molar-refractivity contribution in [3.05, 3.63) is 34.6 Å². The lowest BCUT2D eigenvalue weighted by atomic mass is 9.96. The molecular weight excluding hydrogens is 286 g/mol. The maximum Gasteiger partial charge on any atom is 0.319 e. The van der Waals surface area contributed by atoms with Gasteiger partial charge >= 0.3 is 6.03 Å². The first-order chi connectivity index (χ1) is 10.2. The van der Waals surface area contributed by atoms with Crippen molar-refractivity contribution < 1.29 is 18.8 Å². The summed E-state index contributed by atoms with van der Waals surface area (Å²) < 4.78 is 10.4. The van der Waals surface area contributed by atoms with Gasteiger partial charge in [-0.15, -0.1) is 0 Å². The summed E-state index contributed by atoms with van der Waals surface area (Å²) in [5, 5.41) is 19.6. The van der Waals surface area contributed by atoms with Crippen LogP contribution in [0.4, 0.5) is 10.5 Å². The summed E-state index contributed by atoms with van der Waals surface area (Å²) in [5.41, 5.74) is 0.564. The first-order valence-corrected chi connectivity index (χ1v) is 6.98.